The lowest BCUT2D eigenvalue weighted by Gasteiger charge is -2.03. The van der Waals surface area contributed by atoms with Crippen LogP contribution in [-0.2, 0) is 9.47 Å². The summed E-state index contributed by atoms with van der Waals surface area (Å²) in [5.41, 5.74) is 0. The zero-order chi connectivity index (χ0) is 17.9. The molecule has 8 heteroatoms. The number of unbranched alkanes of at least 4 members (excludes halogenated alkanes) is 7. The molecule has 0 aromatic rings. The number of hydrogen-bond donors (Lipinski definition) is 0. The maximum atomic E-state index is 11.1. The average Bonchev–Trinajstić information content (AvgIpc) is 2.55. The summed E-state index contributed by atoms with van der Waals surface area (Å²) in [6.07, 6.45) is 9.94. The van der Waals surface area contributed by atoms with E-state index in [0.717, 1.165) is 11.5 Å². The molecule has 0 saturated carbocycles. The van der Waals surface area contributed by atoms with Crippen LogP contribution in [0, 0.1) is 0 Å². The molecule has 0 N–H and O–H groups in total. The Balaban J connectivity index is 3.10. The third-order valence-electron chi connectivity index (χ3n) is 2.98. The number of ether oxygens (including phenoxy) is 2. The van der Waals surface area contributed by atoms with Gasteiger partial charge in [0.25, 0.3) is 0 Å². The third kappa shape index (κ3) is 18.7. The molecule has 0 atom stereocenters. The molecule has 0 heterocycles. The van der Waals surface area contributed by atoms with Gasteiger partial charge in [-0.3, -0.25) is 0 Å². The second-order valence-electron chi connectivity index (χ2n) is 5.01. The Kier molecular flexibility index (Phi) is 19.9. The molecule has 0 rings (SSSR count). The molecule has 0 spiro atoms. The van der Waals surface area contributed by atoms with E-state index >= 15 is 0 Å². The summed E-state index contributed by atoms with van der Waals surface area (Å²) in [7, 11) is 5.60. The quantitative estimate of drug-likeness (QED) is 0.159. The van der Waals surface area contributed by atoms with Gasteiger partial charge >= 0.3 is 10.6 Å². The van der Waals surface area contributed by atoms with Gasteiger partial charge < -0.3 is 9.47 Å². The highest BCUT2D eigenvalue weighted by atomic mass is 33.1. The van der Waals surface area contributed by atoms with Crippen molar-refractivity contribution in [2.45, 2.75) is 65.2 Å². The van der Waals surface area contributed by atoms with Gasteiger partial charge in [-0.15, -0.1) is 0 Å². The lowest BCUT2D eigenvalue weighted by atomic mass is 10.1. The summed E-state index contributed by atoms with van der Waals surface area (Å²) in [5.74, 6) is 2.03. The van der Waals surface area contributed by atoms with Gasteiger partial charge in [0.15, 0.2) is 0 Å². The number of carbonyl (C=O) groups excluding carboxylic acids is 2. The van der Waals surface area contributed by atoms with Gasteiger partial charge in [-0.2, -0.15) is 0 Å². The van der Waals surface area contributed by atoms with Gasteiger partial charge in [-0.25, -0.2) is 9.59 Å². The maximum absolute atomic E-state index is 11.1. The van der Waals surface area contributed by atoms with Gasteiger partial charge in [-0.05, 0) is 26.7 Å². The zero-order valence-corrected chi connectivity index (χ0v) is 18.0. The molecule has 24 heavy (non-hydrogen) atoms. The van der Waals surface area contributed by atoms with Crippen LogP contribution in [0.2, 0.25) is 0 Å². The van der Waals surface area contributed by atoms with E-state index in [1.165, 1.54) is 73.0 Å². The van der Waals surface area contributed by atoms with Crippen molar-refractivity contribution in [2.24, 2.45) is 0 Å². The van der Waals surface area contributed by atoms with Gasteiger partial charge in [0.05, 0.1) is 13.2 Å². The molecule has 0 amide bonds. The summed E-state index contributed by atoms with van der Waals surface area (Å²) in [4.78, 5) is 22.2. The molecule has 4 nitrogen and oxygen atoms in total. The van der Waals surface area contributed by atoms with Crippen LogP contribution >= 0.6 is 43.2 Å². The fraction of sp³-hybridized carbons (Fsp3) is 0.875. The standard InChI is InChI=1S/C16H30O4S4/c1-3-19-15(17)23-21-13-11-9-7-5-6-8-10-12-14-22-24-16(18)20-4-2/h3-14H2,1-2H3. The van der Waals surface area contributed by atoms with Crippen molar-refractivity contribution in [1.29, 1.82) is 0 Å². The fourth-order valence-corrected chi connectivity index (χ4v) is 5.25. The minimum Gasteiger partial charge on any atom is -0.457 e. The molecule has 142 valence electrons. The fourth-order valence-electron chi connectivity index (χ4n) is 1.85. The van der Waals surface area contributed by atoms with Crippen molar-refractivity contribution < 1.29 is 19.1 Å². The topological polar surface area (TPSA) is 52.6 Å². The number of carbonyl (C=O) groups is 2. The summed E-state index contributed by atoms with van der Waals surface area (Å²) < 4.78 is 9.70. The number of rotatable bonds is 15. The summed E-state index contributed by atoms with van der Waals surface area (Å²) >= 11 is 0. The summed E-state index contributed by atoms with van der Waals surface area (Å²) in [6, 6.07) is 0. The molecule has 0 saturated heterocycles. The highest BCUT2D eigenvalue weighted by Crippen LogP contribution is 2.26. The Morgan fingerprint density at radius 2 is 0.958 bits per heavy atom. The van der Waals surface area contributed by atoms with Crippen LogP contribution in [0.25, 0.3) is 0 Å². The molecule has 0 aliphatic rings. The van der Waals surface area contributed by atoms with E-state index in [-0.39, 0.29) is 10.6 Å². The van der Waals surface area contributed by atoms with Gasteiger partial charge in [0.1, 0.15) is 0 Å². The normalized spacial score (nSPS) is 10.6. The number of hydrogen-bond acceptors (Lipinski definition) is 8. The first kappa shape index (κ1) is 24.3. The zero-order valence-electron chi connectivity index (χ0n) is 14.8. The van der Waals surface area contributed by atoms with Crippen molar-refractivity contribution >= 4 is 53.8 Å². The smallest absolute Gasteiger partial charge is 0.378 e. The molecular weight excluding hydrogens is 384 g/mol. The van der Waals surface area contributed by atoms with Crippen molar-refractivity contribution in [2.75, 3.05) is 24.7 Å². The highest BCUT2D eigenvalue weighted by molar-refractivity contribution is 8.82. The molecule has 0 radical (unpaired) electrons. The monoisotopic (exact) mass is 414 g/mol. The Bertz CT molecular complexity index is 286. The van der Waals surface area contributed by atoms with Crippen molar-refractivity contribution in [3.63, 3.8) is 0 Å². The minimum atomic E-state index is -0.179. The van der Waals surface area contributed by atoms with Gasteiger partial charge in [0.2, 0.25) is 0 Å². The van der Waals surface area contributed by atoms with Crippen molar-refractivity contribution in [1.82, 2.24) is 0 Å². The average molecular weight is 415 g/mol. The van der Waals surface area contributed by atoms with E-state index in [0.29, 0.717) is 13.2 Å². The SMILES string of the molecule is CCOC(=O)SSCCCCCCCCCCSSC(=O)OCC. The first-order valence-corrected chi connectivity index (χ1v) is 13.3. The van der Waals surface area contributed by atoms with E-state index in [2.05, 4.69) is 0 Å². The molecule has 0 bridgehead atoms. The predicted molar refractivity (Wildman–Crippen MR) is 111 cm³/mol. The van der Waals surface area contributed by atoms with Crippen LogP contribution in [-0.4, -0.2) is 35.3 Å². The molecule has 0 aromatic heterocycles. The molecule has 0 aromatic carbocycles. The van der Waals surface area contributed by atoms with Crippen LogP contribution in [0.4, 0.5) is 9.59 Å². The summed E-state index contributed by atoms with van der Waals surface area (Å²) in [6.45, 7) is 4.56. The van der Waals surface area contributed by atoms with E-state index < -0.39 is 0 Å². The molecule has 0 unspecified atom stereocenters. The van der Waals surface area contributed by atoms with E-state index in [4.69, 9.17) is 9.47 Å². The van der Waals surface area contributed by atoms with Gasteiger partial charge in [-0.1, -0.05) is 60.1 Å². The molecule has 0 fully saturated rings. The Hall–Kier alpha value is 0.340. The largest absolute Gasteiger partial charge is 0.457 e. The minimum absolute atomic E-state index is 0.179. The van der Waals surface area contributed by atoms with Crippen molar-refractivity contribution in [3.05, 3.63) is 0 Å². The lowest BCUT2D eigenvalue weighted by Crippen LogP contribution is -1.94. The highest BCUT2D eigenvalue weighted by Gasteiger charge is 2.03. The summed E-state index contributed by atoms with van der Waals surface area (Å²) in [5, 5.41) is -0.359. The van der Waals surface area contributed by atoms with Crippen molar-refractivity contribution in [3.8, 4) is 0 Å². The predicted octanol–water partition coefficient (Wildman–Crippen LogP) is 7.18. The maximum Gasteiger partial charge on any atom is 0.378 e. The molecule has 0 aliphatic carbocycles. The lowest BCUT2D eigenvalue weighted by molar-refractivity contribution is 0.181. The third-order valence-corrected chi connectivity index (χ3v) is 7.16. The molecule has 0 aliphatic heterocycles. The van der Waals surface area contributed by atoms with Crippen LogP contribution in [0.3, 0.4) is 0 Å². The van der Waals surface area contributed by atoms with Crippen LogP contribution < -0.4 is 0 Å². The van der Waals surface area contributed by atoms with Crippen LogP contribution in [0.1, 0.15) is 65.2 Å². The van der Waals surface area contributed by atoms with E-state index in [9.17, 15) is 9.59 Å². The van der Waals surface area contributed by atoms with Crippen LogP contribution in [0.5, 0.6) is 0 Å². The first-order valence-electron chi connectivity index (χ1n) is 8.63. The Labute approximate surface area is 162 Å². The molecular formula is C16H30O4S4. The van der Waals surface area contributed by atoms with E-state index in [1.807, 2.05) is 13.8 Å². The van der Waals surface area contributed by atoms with Gasteiger partial charge in [0, 0.05) is 33.1 Å². The van der Waals surface area contributed by atoms with Crippen LogP contribution in [0.15, 0.2) is 0 Å². The van der Waals surface area contributed by atoms with E-state index in [1.54, 1.807) is 21.6 Å². The Morgan fingerprint density at radius 1 is 0.625 bits per heavy atom. The first-order chi connectivity index (χ1) is 11.7. The second-order valence-corrected chi connectivity index (χ2v) is 9.71. The Morgan fingerprint density at radius 3 is 1.29 bits per heavy atom. The second kappa shape index (κ2) is 19.7.